The number of nitrogens with one attached hydrogen (secondary N) is 2. The van der Waals surface area contributed by atoms with Crippen LogP contribution in [0.3, 0.4) is 0 Å². The lowest BCUT2D eigenvalue weighted by Gasteiger charge is -2.25. The van der Waals surface area contributed by atoms with Gasteiger partial charge in [-0.2, -0.15) is 0 Å². The van der Waals surface area contributed by atoms with Gasteiger partial charge in [0.15, 0.2) is 5.76 Å². The summed E-state index contributed by atoms with van der Waals surface area (Å²) in [5, 5.41) is 15.6. The van der Waals surface area contributed by atoms with Gasteiger partial charge in [-0.25, -0.2) is 0 Å². The normalized spacial score (nSPS) is 11.1. The van der Waals surface area contributed by atoms with E-state index in [-0.39, 0.29) is 24.1 Å². The molecule has 0 aliphatic carbocycles. The first kappa shape index (κ1) is 17.7. The average molecular weight is 330 g/mol. The smallest absolute Gasteiger partial charge is 0.291 e. The minimum Gasteiger partial charge on any atom is -0.459 e. The summed E-state index contributed by atoms with van der Waals surface area (Å²) in [5.74, 6) is -0.492. The molecule has 1 aromatic heterocycles. The lowest BCUT2D eigenvalue weighted by atomic mass is 9.97. The molecule has 0 atom stereocenters. The van der Waals surface area contributed by atoms with E-state index in [4.69, 9.17) is 4.42 Å². The molecule has 0 aliphatic rings. The molecule has 6 heteroatoms. The standard InChI is InChI=1S/C18H22N2O4/c1-3-18(23,4-2)12-19-16(21)13-7-5-8-14(11-13)20-17(22)15-9-6-10-24-15/h5-11,23H,3-4,12H2,1-2H3,(H,19,21)(H,20,22). The quantitative estimate of drug-likeness (QED) is 0.728. The molecule has 0 saturated heterocycles. The number of amides is 2. The van der Waals surface area contributed by atoms with Gasteiger partial charge in [-0.15, -0.1) is 0 Å². The molecule has 3 N–H and O–H groups in total. The van der Waals surface area contributed by atoms with Gasteiger partial charge in [-0.05, 0) is 43.2 Å². The van der Waals surface area contributed by atoms with Crippen LogP contribution in [0.15, 0.2) is 47.1 Å². The maximum Gasteiger partial charge on any atom is 0.291 e. The molecule has 6 nitrogen and oxygen atoms in total. The van der Waals surface area contributed by atoms with Crippen molar-refractivity contribution in [3.63, 3.8) is 0 Å². The number of hydrogen-bond acceptors (Lipinski definition) is 4. The molecule has 0 bridgehead atoms. The first-order chi connectivity index (χ1) is 11.5. The highest BCUT2D eigenvalue weighted by Crippen LogP contribution is 2.15. The van der Waals surface area contributed by atoms with Crippen LogP contribution in [0.2, 0.25) is 0 Å². The van der Waals surface area contributed by atoms with Crippen molar-refractivity contribution in [2.75, 3.05) is 11.9 Å². The molecule has 0 radical (unpaired) electrons. The molecule has 1 heterocycles. The van der Waals surface area contributed by atoms with Crippen molar-refractivity contribution in [2.24, 2.45) is 0 Å². The summed E-state index contributed by atoms with van der Waals surface area (Å²) in [6.07, 6.45) is 2.54. The Labute approximate surface area is 140 Å². The van der Waals surface area contributed by atoms with E-state index in [1.807, 2.05) is 13.8 Å². The summed E-state index contributed by atoms with van der Waals surface area (Å²) in [7, 11) is 0. The Bertz CT molecular complexity index is 691. The number of rotatable bonds is 7. The summed E-state index contributed by atoms with van der Waals surface area (Å²) in [6.45, 7) is 3.93. The van der Waals surface area contributed by atoms with Crippen LogP contribution in [0.4, 0.5) is 5.69 Å². The van der Waals surface area contributed by atoms with Gasteiger partial charge in [0.1, 0.15) is 0 Å². The zero-order valence-corrected chi connectivity index (χ0v) is 13.8. The zero-order chi connectivity index (χ0) is 17.6. The third-order valence-corrected chi connectivity index (χ3v) is 4.02. The minimum atomic E-state index is -0.902. The Morgan fingerprint density at radius 1 is 1.12 bits per heavy atom. The molecule has 2 amide bonds. The third-order valence-electron chi connectivity index (χ3n) is 4.02. The number of anilines is 1. The molecule has 0 fully saturated rings. The van der Waals surface area contributed by atoms with Crippen molar-refractivity contribution in [2.45, 2.75) is 32.3 Å². The summed E-state index contributed by atoms with van der Waals surface area (Å²) in [5.41, 5.74) is -0.00655. The van der Waals surface area contributed by atoms with E-state index in [0.717, 1.165) is 0 Å². The Kier molecular flexibility index (Phi) is 5.76. The van der Waals surface area contributed by atoms with Crippen LogP contribution in [0, 0.1) is 0 Å². The molecular formula is C18H22N2O4. The number of furan rings is 1. The summed E-state index contributed by atoms with van der Waals surface area (Å²) < 4.78 is 5.03. The number of aliphatic hydroxyl groups is 1. The van der Waals surface area contributed by atoms with Gasteiger partial charge in [-0.1, -0.05) is 19.9 Å². The Hall–Kier alpha value is -2.60. The second-order valence-corrected chi connectivity index (χ2v) is 5.63. The third kappa shape index (κ3) is 4.45. The second-order valence-electron chi connectivity index (χ2n) is 5.63. The van der Waals surface area contributed by atoms with Crippen molar-refractivity contribution in [3.05, 3.63) is 54.0 Å². The van der Waals surface area contributed by atoms with Crippen molar-refractivity contribution in [1.82, 2.24) is 5.32 Å². The molecule has 1 aromatic carbocycles. The van der Waals surface area contributed by atoms with Crippen LogP contribution in [-0.2, 0) is 0 Å². The zero-order valence-electron chi connectivity index (χ0n) is 13.8. The predicted molar refractivity (Wildman–Crippen MR) is 91.0 cm³/mol. The van der Waals surface area contributed by atoms with E-state index in [2.05, 4.69) is 10.6 Å². The molecule has 2 rings (SSSR count). The largest absolute Gasteiger partial charge is 0.459 e. The first-order valence-electron chi connectivity index (χ1n) is 7.93. The highest BCUT2D eigenvalue weighted by Gasteiger charge is 2.23. The van der Waals surface area contributed by atoms with Gasteiger partial charge in [0, 0.05) is 17.8 Å². The Morgan fingerprint density at radius 2 is 1.88 bits per heavy atom. The van der Waals surface area contributed by atoms with Gasteiger partial charge in [-0.3, -0.25) is 9.59 Å². The molecular weight excluding hydrogens is 308 g/mol. The number of carbonyl (C=O) groups is 2. The molecule has 0 unspecified atom stereocenters. The number of carbonyl (C=O) groups excluding carboxylic acids is 2. The second kappa shape index (κ2) is 7.79. The van der Waals surface area contributed by atoms with Crippen molar-refractivity contribution >= 4 is 17.5 Å². The van der Waals surface area contributed by atoms with E-state index in [1.165, 1.54) is 6.26 Å². The van der Waals surface area contributed by atoms with Crippen LogP contribution >= 0.6 is 0 Å². The molecule has 0 saturated carbocycles. The van der Waals surface area contributed by atoms with Crippen LogP contribution in [0.25, 0.3) is 0 Å². The monoisotopic (exact) mass is 330 g/mol. The fourth-order valence-electron chi connectivity index (χ4n) is 2.19. The van der Waals surface area contributed by atoms with E-state index in [0.29, 0.717) is 24.1 Å². The summed E-state index contributed by atoms with van der Waals surface area (Å²) >= 11 is 0. The van der Waals surface area contributed by atoms with E-state index < -0.39 is 5.60 Å². The first-order valence-corrected chi connectivity index (χ1v) is 7.93. The lowest BCUT2D eigenvalue weighted by Crippen LogP contribution is -2.42. The van der Waals surface area contributed by atoms with Gasteiger partial charge in [0.05, 0.1) is 11.9 Å². The van der Waals surface area contributed by atoms with Crippen LogP contribution in [-0.4, -0.2) is 29.1 Å². The van der Waals surface area contributed by atoms with Crippen LogP contribution in [0.5, 0.6) is 0 Å². The number of benzene rings is 1. The average Bonchev–Trinajstić information content (AvgIpc) is 3.14. The van der Waals surface area contributed by atoms with Crippen molar-refractivity contribution in [1.29, 1.82) is 0 Å². The number of hydrogen-bond donors (Lipinski definition) is 3. The van der Waals surface area contributed by atoms with Crippen LogP contribution < -0.4 is 10.6 Å². The molecule has 128 valence electrons. The van der Waals surface area contributed by atoms with Crippen LogP contribution in [0.1, 0.15) is 47.6 Å². The molecule has 2 aromatic rings. The highest BCUT2D eigenvalue weighted by atomic mass is 16.3. The summed E-state index contributed by atoms with van der Waals surface area (Å²) in [6, 6.07) is 9.77. The summed E-state index contributed by atoms with van der Waals surface area (Å²) in [4.78, 5) is 24.2. The van der Waals surface area contributed by atoms with E-state index in [1.54, 1.807) is 36.4 Å². The fraction of sp³-hybridized carbons (Fsp3) is 0.333. The fourth-order valence-corrected chi connectivity index (χ4v) is 2.19. The SMILES string of the molecule is CCC(O)(CC)CNC(=O)c1cccc(NC(=O)c2ccco2)c1. The maximum atomic E-state index is 12.2. The maximum absolute atomic E-state index is 12.2. The Morgan fingerprint density at radius 3 is 2.50 bits per heavy atom. The lowest BCUT2D eigenvalue weighted by molar-refractivity contribution is 0.0314. The van der Waals surface area contributed by atoms with E-state index in [9.17, 15) is 14.7 Å². The topological polar surface area (TPSA) is 91.6 Å². The van der Waals surface area contributed by atoms with Crippen molar-refractivity contribution in [3.8, 4) is 0 Å². The molecule has 24 heavy (non-hydrogen) atoms. The van der Waals surface area contributed by atoms with Gasteiger partial charge >= 0.3 is 0 Å². The van der Waals surface area contributed by atoms with Crippen molar-refractivity contribution < 1.29 is 19.1 Å². The van der Waals surface area contributed by atoms with E-state index >= 15 is 0 Å². The van der Waals surface area contributed by atoms with Gasteiger partial charge in [0.25, 0.3) is 11.8 Å². The highest BCUT2D eigenvalue weighted by molar-refractivity contribution is 6.03. The van der Waals surface area contributed by atoms with Gasteiger partial charge in [0.2, 0.25) is 0 Å². The predicted octanol–water partition coefficient (Wildman–Crippen LogP) is 2.81. The molecule has 0 aliphatic heterocycles. The minimum absolute atomic E-state index is 0.182. The van der Waals surface area contributed by atoms with Gasteiger partial charge < -0.3 is 20.2 Å². The Balaban J connectivity index is 2.01. The molecule has 0 spiro atoms.